The lowest BCUT2D eigenvalue weighted by molar-refractivity contribution is 0.516. The van der Waals surface area contributed by atoms with Crippen molar-refractivity contribution in [1.29, 1.82) is 5.26 Å². The van der Waals surface area contributed by atoms with Crippen molar-refractivity contribution >= 4 is 10.0 Å². The van der Waals surface area contributed by atoms with Gasteiger partial charge in [-0.3, -0.25) is 0 Å². The normalized spacial score (nSPS) is 12.1. The minimum Gasteiger partial charge on any atom is -0.241 e. The molecule has 0 unspecified atom stereocenters. The highest BCUT2D eigenvalue weighted by Gasteiger charge is 2.28. The van der Waals surface area contributed by atoms with Crippen LogP contribution in [0.1, 0.15) is 13.8 Å². The zero-order chi connectivity index (χ0) is 12.4. The number of halogens is 1. The molecule has 0 aliphatic rings. The average molecular weight is 243 g/mol. The van der Waals surface area contributed by atoms with E-state index in [4.69, 9.17) is 5.26 Å². The van der Waals surface area contributed by atoms with Gasteiger partial charge < -0.3 is 0 Å². The van der Waals surface area contributed by atoms with Crippen molar-refractivity contribution in [2.75, 3.05) is 0 Å². The van der Waals surface area contributed by atoms with Gasteiger partial charge in [-0.15, -0.1) is 0 Å². The van der Waals surface area contributed by atoms with Crippen LogP contribution in [0.25, 0.3) is 0 Å². The maximum Gasteiger partial charge on any atom is 0.262 e. The van der Waals surface area contributed by atoms with Crippen LogP contribution in [0.3, 0.4) is 0 Å². The van der Waals surface area contributed by atoms with E-state index in [1.807, 2.05) is 4.72 Å². The van der Waals surface area contributed by atoms with E-state index in [1.165, 1.54) is 19.9 Å². The van der Waals surface area contributed by atoms with Gasteiger partial charge in [-0.25, -0.2) is 17.8 Å². The summed E-state index contributed by atoms with van der Waals surface area (Å²) >= 11 is 0. The van der Waals surface area contributed by atoms with Crippen LogP contribution in [-0.4, -0.2) is 18.9 Å². The lowest BCUT2D eigenvalue weighted by atomic mass is 10.1. The van der Waals surface area contributed by atoms with Crippen LogP contribution < -0.4 is 4.72 Å². The number of nitrogens with one attached hydrogen (secondary N) is 1. The summed E-state index contributed by atoms with van der Waals surface area (Å²) in [7, 11) is -4.12. The second-order valence-electron chi connectivity index (χ2n) is 3.63. The highest BCUT2D eigenvalue weighted by Crippen LogP contribution is 2.13. The Morgan fingerprint density at radius 1 is 1.56 bits per heavy atom. The monoisotopic (exact) mass is 243 g/mol. The third-order valence-corrected chi connectivity index (χ3v) is 3.24. The SMILES string of the molecule is CC(C)(C#N)NS(=O)(=O)c1ncccc1F. The van der Waals surface area contributed by atoms with Crippen molar-refractivity contribution in [3.8, 4) is 6.07 Å². The van der Waals surface area contributed by atoms with Crippen molar-refractivity contribution < 1.29 is 12.8 Å². The predicted octanol–water partition coefficient (Wildman–Crippen LogP) is 0.801. The molecule has 0 saturated heterocycles. The molecular weight excluding hydrogens is 233 g/mol. The first kappa shape index (κ1) is 12.5. The van der Waals surface area contributed by atoms with Gasteiger partial charge in [0.15, 0.2) is 5.82 Å². The van der Waals surface area contributed by atoms with E-state index in [9.17, 15) is 12.8 Å². The maximum atomic E-state index is 13.2. The molecule has 1 aromatic rings. The Bertz CT molecular complexity index is 534. The molecule has 1 heterocycles. The minimum atomic E-state index is -4.12. The second kappa shape index (κ2) is 4.15. The fourth-order valence-electron chi connectivity index (χ4n) is 0.976. The molecule has 0 atom stereocenters. The van der Waals surface area contributed by atoms with Gasteiger partial charge in [0.25, 0.3) is 10.0 Å². The van der Waals surface area contributed by atoms with Gasteiger partial charge in [-0.2, -0.15) is 9.98 Å². The van der Waals surface area contributed by atoms with Crippen LogP contribution in [0.5, 0.6) is 0 Å². The summed E-state index contributed by atoms with van der Waals surface area (Å²) in [6, 6.07) is 4.01. The maximum absolute atomic E-state index is 13.2. The van der Waals surface area contributed by atoms with E-state index in [2.05, 4.69) is 4.98 Å². The summed E-state index contributed by atoms with van der Waals surface area (Å²) in [5.74, 6) is -0.955. The summed E-state index contributed by atoms with van der Waals surface area (Å²) in [5, 5.41) is 7.97. The first-order chi connectivity index (χ1) is 7.28. The molecule has 0 spiro atoms. The van der Waals surface area contributed by atoms with Crippen molar-refractivity contribution in [2.24, 2.45) is 0 Å². The highest BCUT2D eigenvalue weighted by molar-refractivity contribution is 7.89. The smallest absolute Gasteiger partial charge is 0.241 e. The number of nitrogens with zero attached hydrogens (tertiary/aromatic N) is 2. The Kier molecular flexibility index (Phi) is 3.26. The summed E-state index contributed by atoms with van der Waals surface area (Å²) < 4.78 is 38.6. The zero-order valence-electron chi connectivity index (χ0n) is 8.73. The summed E-state index contributed by atoms with van der Waals surface area (Å²) in [6.07, 6.45) is 1.16. The largest absolute Gasteiger partial charge is 0.262 e. The highest BCUT2D eigenvalue weighted by atomic mass is 32.2. The molecule has 5 nitrogen and oxygen atoms in total. The van der Waals surface area contributed by atoms with Crippen LogP contribution >= 0.6 is 0 Å². The van der Waals surface area contributed by atoms with Gasteiger partial charge in [0.1, 0.15) is 5.54 Å². The van der Waals surface area contributed by atoms with Crippen LogP contribution in [0.4, 0.5) is 4.39 Å². The van der Waals surface area contributed by atoms with Gasteiger partial charge in [0, 0.05) is 6.20 Å². The van der Waals surface area contributed by atoms with Gasteiger partial charge in [0.2, 0.25) is 5.03 Å². The van der Waals surface area contributed by atoms with Gasteiger partial charge >= 0.3 is 0 Å². The number of sulfonamides is 1. The molecule has 16 heavy (non-hydrogen) atoms. The van der Waals surface area contributed by atoms with Crippen LogP contribution in [0.2, 0.25) is 0 Å². The molecule has 0 aliphatic heterocycles. The molecule has 0 saturated carbocycles. The number of aromatic nitrogens is 1. The summed E-state index contributed by atoms with van der Waals surface area (Å²) in [6.45, 7) is 2.73. The fourth-order valence-corrected chi connectivity index (χ4v) is 2.31. The Morgan fingerprint density at radius 2 is 2.19 bits per heavy atom. The van der Waals surface area contributed by atoms with Crippen molar-refractivity contribution in [2.45, 2.75) is 24.4 Å². The molecule has 0 fully saturated rings. The molecule has 0 radical (unpaired) electrons. The van der Waals surface area contributed by atoms with Crippen molar-refractivity contribution in [3.05, 3.63) is 24.1 Å². The lowest BCUT2D eigenvalue weighted by Gasteiger charge is -2.16. The standard InChI is InChI=1S/C9H10FN3O2S/c1-9(2,6-11)13-16(14,15)8-7(10)4-3-5-12-8/h3-5,13H,1-2H3. The number of hydrogen-bond acceptors (Lipinski definition) is 4. The molecule has 7 heteroatoms. The first-order valence-electron chi connectivity index (χ1n) is 4.34. The van der Waals surface area contributed by atoms with E-state index in [1.54, 1.807) is 6.07 Å². The average Bonchev–Trinajstić information content (AvgIpc) is 2.16. The molecule has 86 valence electrons. The second-order valence-corrected chi connectivity index (χ2v) is 5.23. The molecule has 1 aromatic heterocycles. The van der Waals surface area contributed by atoms with Crippen LogP contribution in [0, 0.1) is 17.1 Å². The van der Waals surface area contributed by atoms with E-state index in [0.29, 0.717) is 0 Å². The van der Waals surface area contributed by atoms with E-state index in [-0.39, 0.29) is 0 Å². The molecule has 0 bridgehead atoms. The van der Waals surface area contributed by atoms with Crippen LogP contribution in [-0.2, 0) is 10.0 Å². The molecule has 0 amide bonds. The Morgan fingerprint density at radius 3 is 2.69 bits per heavy atom. The third-order valence-electron chi connectivity index (χ3n) is 1.65. The number of rotatable bonds is 3. The Balaban J connectivity index is 3.16. The van der Waals surface area contributed by atoms with Gasteiger partial charge in [0.05, 0.1) is 6.07 Å². The lowest BCUT2D eigenvalue weighted by Crippen LogP contribution is -2.42. The van der Waals surface area contributed by atoms with Crippen LogP contribution in [0.15, 0.2) is 23.4 Å². The Labute approximate surface area is 93.0 Å². The van der Waals surface area contributed by atoms with Gasteiger partial charge in [-0.05, 0) is 26.0 Å². The fraction of sp³-hybridized carbons (Fsp3) is 0.333. The van der Waals surface area contributed by atoms with Crippen molar-refractivity contribution in [1.82, 2.24) is 9.71 Å². The third kappa shape index (κ3) is 2.74. The Hall–Kier alpha value is -1.52. The number of hydrogen-bond donors (Lipinski definition) is 1. The molecule has 0 aliphatic carbocycles. The van der Waals surface area contributed by atoms with E-state index >= 15 is 0 Å². The summed E-state index contributed by atoms with van der Waals surface area (Å²) in [5.41, 5.74) is -1.32. The molecule has 0 aromatic carbocycles. The van der Waals surface area contributed by atoms with Gasteiger partial charge in [-0.1, -0.05) is 0 Å². The predicted molar refractivity (Wildman–Crippen MR) is 54.2 cm³/mol. The molecule has 1 rings (SSSR count). The number of nitriles is 1. The zero-order valence-corrected chi connectivity index (χ0v) is 9.55. The van der Waals surface area contributed by atoms with E-state index in [0.717, 1.165) is 12.3 Å². The first-order valence-corrected chi connectivity index (χ1v) is 5.82. The quantitative estimate of drug-likeness (QED) is 0.851. The minimum absolute atomic E-state index is 0.710. The molecular formula is C9H10FN3O2S. The molecule has 1 N–H and O–H groups in total. The topological polar surface area (TPSA) is 82.9 Å². The van der Waals surface area contributed by atoms with Crippen molar-refractivity contribution in [3.63, 3.8) is 0 Å². The summed E-state index contributed by atoms with van der Waals surface area (Å²) in [4.78, 5) is 3.43. The number of pyridine rings is 1. The van der Waals surface area contributed by atoms with E-state index < -0.39 is 26.4 Å².